The monoisotopic (exact) mass is 367 g/mol. The van der Waals surface area contributed by atoms with Crippen molar-refractivity contribution in [1.29, 1.82) is 5.26 Å². The van der Waals surface area contributed by atoms with Gasteiger partial charge < -0.3 is 9.84 Å². The molecule has 134 valence electrons. The Balaban J connectivity index is 1.84. The molecule has 8 heteroatoms. The molecule has 2 aliphatic carbocycles. The fraction of sp³-hybridized carbons (Fsp3) is 0.278. The highest BCUT2D eigenvalue weighted by atomic mass is 19.3. The van der Waals surface area contributed by atoms with Crippen molar-refractivity contribution in [2.75, 3.05) is 0 Å². The van der Waals surface area contributed by atoms with Gasteiger partial charge in [0, 0.05) is 17.2 Å². The Morgan fingerprint density at radius 3 is 2.54 bits per heavy atom. The molecule has 26 heavy (non-hydrogen) atoms. The van der Waals surface area contributed by atoms with Gasteiger partial charge in [0.2, 0.25) is 0 Å². The van der Waals surface area contributed by atoms with Crippen molar-refractivity contribution in [2.24, 2.45) is 0 Å². The average molecular weight is 367 g/mol. The number of nitrogens with zero attached hydrogens (tertiary/aromatic N) is 1. The molecule has 0 aliphatic heterocycles. The molecular formula is C18H10F5NO2. The number of hydrogen-bond acceptors (Lipinski definition) is 3. The zero-order valence-corrected chi connectivity index (χ0v) is 12.9. The summed E-state index contributed by atoms with van der Waals surface area (Å²) in [4.78, 5) is 0. The van der Waals surface area contributed by atoms with E-state index in [1.807, 2.05) is 0 Å². The topological polar surface area (TPSA) is 53.2 Å². The van der Waals surface area contributed by atoms with E-state index in [1.54, 1.807) is 6.07 Å². The quantitative estimate of drug-likeness (QED) is 0.780. The molecule has 0 saturated heterocycles. The predicted octanol–water partition coefficient (Wildman–Crippen LogP) is 4.75. The summed E-state index contributed by atoms with van der Waals surface area (Å²) in [5.41, 5.74) is -1.33. The van der Waals surface area contributed by atoms with E-state index in [0.29, 0.717) is 0 Å². The van der Waals surface area contributed by atoms with Crippen LogP contribution in [0.15, 0.2) is 30.3 Å². The molecular weight excluding hydrogens is 357 g/mol. The summed E-state index contributed by atoms with van der Waals surface area (Å²) in [7, 11) is 0. The molecule has 1 N–H and O–H groups in total. The number of aliphatic hydroxyl groups excluding tert-OH is 1. The summed E-state index contributed by atoms with van der Waals surface area (Å²) in [6.07, 6.45) is -1.96. The van der Waals surface area contributed by atoms with E-state index in [1.165, 1.54) is 6.07 Å². The molecule has 2 aromatic rings. The summed E-state index contributed by atoms with van der Waals surface area (Å²) in [6.45, 7) is 0. The summed E-state index contributed by atoms with van der Waals surface area (Å²) in [6, 6.07) is 6.77. The third-order valence-corrected chi connectivity index (χ3v) is 4.81. The minimum Gasteiger partial charge on any atom is -0.457 e. The fourth-order valence-electron chi connectivity index (χ4n) is 3.70. The Morgan fingerprint density at radius 2 is 1.85 bits per heavy atom. The molecule has 1 unspecified atom stereocenters. The molecule has 0 heterocycles. The summed E-state index contributed by atoms with van der Waals surface area (Å²) < 4.78 is 75.3. The Bertz CT molecular complexity index is 967. The first-order valence-electron chi connectivity index (χ1n) is 7.66. The molecule has 0 aromatic heterocycles. The van der Waals surface area contributed by atoms with Gasteiger partial charge in [0.1, 0.15) is 17.3 Å². The lowest BCUT2D eigenvalue weighted by atomic mass is 10.0. The van der Waals surface area contributed by atoms with Crippen LogP contribution < -0.4 is 4.74 Å². The van der Waals surface area contributed by atoms with Crippen LogP contribution >= 0.6 is 0 Å². The Hall–Kier alpha value is -2.66. The zero-order valence-electron chi connectivity index (χ0n) is 12.9. The van der Waals surface area contributed by atoms with Gasteiger partial charge in [-0.1, -0.05) is 0 Å². The van der Waals surface area contributed by atoms with E-state index in [2.05, 4.69) is 0 Å². The van der Waals surface area contributed by atoms with Gasteiger partial charge in [-0.05, 0) is 36.2 Å². The van der Waals surface area contributed by atoms with E-state index < -0.39 is 41.7 Å². The maximum absolute atomic E-state index is 14.1. The minimum atomic E-state index is -4.34. The fourth-order valence-corrected chi connectivity index (χ4v) is 3.70. The predicted molar refractivity (Wildman–Crippen MR) is 78.8 cm³/mol. The second-order valence-corrected chi connectivity index (χ2v) is 6.33. The normalized spacial score (nSPS) is 24.2. The van der Waals surface area contributed by atoms with E-state index in [-0.39, 0.29) is 28.2 Å². The number of rotatable bonds is 2. The smallest absolute Gasteiger partial charge is 0.336 e. The average Bonchev–Trinajstić information content (AvgIpc) is 2.98. The number of benzene rings is 2. The van der Waals surface area contributed by atoms with E-state index in [0.717, 1.165) is 24.3 Å². The summed E-state index contributed by atoms with van der Waals surface area (Å²) >= 11 is 0. The molecule has 0 saturated carbocycles. The third kappa shape index (κ3) is 2.07. The van der Waals surface area contributed by atoms with Crippen molar-refractivity contribution in [3.8, 4) is 17.6 Å². The highest BCUT2D eigenvalue weighted by Crippen LogP contribution is 2.66. The van der Waals surface area contributed by atoms with Gasteiger partial charge in [-0.3, -0.25) is 0 Å². The number of hydrogen-bond donors (Lipinski definition) is 1. The lowest BCUT2D eigenvalue weighted by Gasteiger charge is -2.24. The lowest BCUT2D eigenvalue weighted by Crippen LogP contribution is -2.36. The van der Waals surface area contributed by atoms with Gasteiger partial charge >= 0.3 is 11.8 Å². The van der Waals surface area contributed by atoms with E-state index in [4.69, 9.17) is 10.00 Å². The number of aliphatic hydroxyl groups is 1. The van der Waals surface area contributed by atoms with Crippen LogP contribution in [0.2, 0.25) is 0 Å². The number of nitriles is 1. The zero-order chi connectivity index (χ0) is 18.9. The van der Waals surface area contributed by atoms with Crippen LogP contribution in [-0.2, 0) is 5.92 Å². The first-order valence-corrected chi connectivity index (χ1v) is 7.66. The SMILES string of the molecule is N#Cc1cc(F)cc(Oc2ccc3c4c2[C@H](O)CC4C(F)(F)C3(F)F)c1. The van der Waals surface area contributed by atoms with Crippen molar-refractivity contribution >= 4 is 0 Å². The number of alkyl halides is 4. The molecule has 2 aliphatic rings. The van der Waals surface area contributed by atoms with Gasteiger partial charge in [0.15, 0.2) is 0 Å². The molecule has 0 amide bonds. The molecule has 0 fully saturated rings. The third-order valence-electron chi connectivity index (χ3n) is 4.81. The Kier molecular flexibility index (Phi) is 3.34. The minimum absolute atomic E-state index is 0.0333. The van der Waals surface area contributed by atoms with Crippen molar-refractivity contribution < 1.29 is 31.8 Å². The molecule has 0 spiro atoms. The van der Waals surface area contributed by atoms with Crippen LogP contribution in [0.4, 0.5) is 22.0 Å². The van der Waals surface area contributed by atoms with Crippen molar-refractivity contribution in [3.05, 3.63) is 58.4 Å². The van der Waals surface area contributed by atoms with Crippen molar-refractivity contribution in [3.63, 3.8) is 0 Å². The van der Waals surface area contributed by atoms with E-state index >= 15 is 0 Å². The maximum atomic E-state index is 14.1. The van der Waals surface area contributed by atoms with Crippen LogP contribution in [0.1, 0.15) is 40.7 Å². The van der Waals surface area contributed by atoms with Crippen LogP contribution in [0.5, 0.6) is 11.5 Å². The molecule has 2 atom stereocenters. The van der Waals surface area contributed by atoms with Gasteiger partial charge in [0.05, 0.1) is 23.7 Å². The Morgan fingerprint density at radius 1 is 1.12 bits per heavy atom. The molecule has 4 rings (SSSR count). The van der Waals surface area contributed by atoms with Crippen molar-refractivity contribution in [2.45, 2.75) is 30.3 Å². The standard InChI is InChI=1S/C18H10F5NO2/c19-9-3-8(7-24)4-10(5-9)26-14-2-1-11-15-12(6-13(25)16(14)15)18(22,23)17(11,20)21/h1-5,12-13,25H,6H2/t12?,13-/m1/s1. The lowest BCUT2D eigenvalue weighted by molar-refractivity contribution is -0.217. The van der Waals surface area contributed by atoms with Gasteiger partial charge in [-0.15, -0.1) is 0 Å². The number of halogens is 5. The maximum Gasteiger partial charge on any atom is 0.336 e. The van der Waals surface area contributed by atoms with Crippen LogP contribution in [0.3, 0.4) is 0 Å². The summed E-state index contributed by atoms with van der Waals surface area (Å²) in [5.74, 6) is -11.5. The number of ether oxygens (including phenoxy) is 1. The van der Waals surface area contributed by atoms with Crippen LogP contribution in [-0.4, -0.2) is 11.0 Å². The highest BCUT2D eigenvalue weighted by Gasteiger charge is 2.71. The van der Waals surface area contributed by atoms with Crippen LogP contribution in [0.25, 0.3) is 0 Å². The molecule has 0 bridgehead atoms. The largest absolute Gasteiger partial charge is 0.457 e. The Labute approximate surface area is 144 Å². The second kappa shape index (κ2) is 5.17. The highest BCUT2D eigenvalue weighted by molar-refractivity contribution is 5.58. The van der Waals surface area contributed by atoms with Crippen LogP contribution in [0, 0.1) is 17.1 Å². The van der Waals surface area contributed by atoms with Gasteiger partial charge in [0.25, 0.3) is 0 Å². The first kappa shape index (κ1) is 16.8. The van der Waals surface area contributed by atoms with Crippen molar-refractivity contribution in [1.82, 2.24) is 0 Å². The van der Waals surface area contributed by atoms with Gasteiger partial charge in [-0.2, -0.15) is 22.8 Å². The van der Waals surface area contributed by atoms with Gasteiger partial charge in [-0.25, -0.2) is 4.39 Å². The van der Waals surface area contributed by atoms with E-state index in [9.17, 15) is 27.1 Å². The molecule has 0 radical (unpaired) electrons. The second-order valence-electron chi connectivity index (χ2n) is 6.33. The summed E-state index contributed by atoms with van der Waals surface area (Å²) in [5, 5.41) is 19.0. The molecule has 3 nitrogen and oxygen atoms in total. The first-order chi connectivity index (χ1) is 12.2. The molecule has 2 aromatic carbocycles.